The second kappa shape index (κ2) is 72.9. The normalized spacial score (nSPS) is 25.4. The van der Waals surface area contributed by atoms with Gasteiger partial charge in [-0.25, -0.2) is 0 Å². The number of hydrogen-bond acceptors (Lipinski definition) is 18. The fourth-order valence-electron chi connectivity index (χ4n) is 14.5. The molecule has 0 aromatic rings. The van der Waals surface area contributed by atoms with E-state index in [0.29, 0.717) is 6.42 Å². The third kappa shape index (κ3) is 50.8. The van der Waals surface area contributed by atoms with E-state index in [2.05, 4.69) is 141 Å². The Bertz CT molecular complexity index is 2580. The first-order valence-corrected chi connectivity index (χ1v) is 45.4. The number of hydrogen-bond donors (Lipinski definition) is 12. The highest BCUT2D eigenvalue weighted by Crippen LogP contribution is 2.33. The van der Waals surface area contributed by atoms with Crippen LogP contribution >= 0.6 is 0 Å². The van der Waals surface area contributed by atoms with Gasteiger partial charge in [0.1, 0.15) is 73.2 Å². The summed E-state index contributed by atoms with van der Waals surface area (Å²) >= 11 is 0. The van der Waals surface area contributed by atoms with Crippen molar-refractivity contribution in [3.05, 3.63) is 134 Å². The number of amides is 1. The van der Waals surface area contributed by atoms with E-state index in [1.807, 2.05) is 6.08 Å². The molecule has 19 heteroatoms. The van der Waals surface area contributed by atoms with Crippen molar-refractivity contribution in [3.63, 3.8) is 0 Å². The van der Waals surface area contributed by atoms with E-state index >= 15 is 0 Å². The molecular formula is C95H163NO18. The van der Waals surface area contributed by atoms with Crippen molar-refractivity contribution in [1.82, 2.24) is 5.32 Å². The molecule has 0 saturated carbocycles. The number of carbonyl (C=O) groups excluding carboxylic acids is 1. The molecule has 0 radical (unpaired) electrons. The van der Waals surface area contributed by atoms with Crippen LogP contribution in [-0.4, -0.2) is 193 Å². The van der Waals surface area contributed by atoms with Crippen molar-refractivity contribution >= 4 is 5.91 Å². The van der Waals surface area contributed by atoms with Gasteiger partial charge in [-0.05, 0) is 96.3 Å². The molecular weight excluding hydrogens is 1440 g/mol. The molecule has 0 bridgehead atoms. The third-order valence-electron chi connectivity index (χ3n) is 21.7. The molecule has 1 amide bonds. The lowest BCUT2D eigenvalue weighted by atomic mass is 9.96. The zero-order chi connectivity index (χ0) is 82.4. The second-order valence-electron chi connectivity index (χ2n) is 31.7. The van der Waals surface area contributed by atoms with Crippen molar-refractivity contribution in [2.75, 3.05) is 26.4 Å². The molecule has 12 N–H and O–H groups in total. The molecule has 0 spiro atoms. The maximum atomic E-state index is 13.5. The van der Waals surface area contributed by atoms with Crippen molar-refractivity contribution < 1.29 is 89.4 Å². The van der Waals surface area contributed by atoms with Gasteiger partial charge in [0.25, 0.3) is 0 Å². The van der Waals surface area contributed by atoms with E-state index in [1.165, 1.54) is 173 Å². The Hall–Kier alpha value is -4.07. The summed E-state index contributed by atoms with van der Waals surface area (Å²) in [4.78, 5) is 13.5. The number of rotatable bonds is 72. The maximum Gasteiger partial charge on any atom is 0.220 e. The number of ether oxygens (including phenoxy) is 6. The molecule has 3 heterocycles. The summed E-state index contributed by atoms with van der Waals surface area (Å²) in [5, 5.41) is 121. The van der Waals surface area contributed by atoms with Crippen LogP contribution in [0.4, 0.5) is 0 Å². The Labute approximate surface area is 690 Å². The topological polar surface area (TPSA) is 307 Å². The molecule has 3 rings (SSSR count). The summed E-state index contributed by atoms with van der Waals surface area (Å²) < 4.78 is 34.5. The number of unbranched alkanes of at least 4 members (excludes halogenated alkanes) is 36. The van der Waals surface area contributed by atoms with E-state index in [1.54, 1.807) is 6.08 Å². The molecule has 656 valence electrons. The molecule has 17 unspecified atom stereocenters. The van der Waals surface area contributed by atoms with E-state index in [4.69, 9.17) is 28.4 Å². The Kier molecular flexibility index (Phi) is 66.6. The molecule has 114 heavy (non-hydrogen) atoms. The van der Waals surface area contributed by atoms with Gasteiger partial charge >= 0.3 is 0 Å². The molecule has 0 aromatic carbocycles. The lowest BCUT2D eigenvalue weighted by Gasteiger charge is -2.48. The molecule has 17 atom stereocenters. The molecule has 3 fully saturated rings. The van der Waals surface area contributed by atoms with Gasteiger partial charge in [0, 0.05) is 6.42 Å². The molecule has 0 aliphatic carbocycles. The number of nitrogens with one attached hydrogen (secondary N) is 1. The van der Waals surface area contributed by atoms with E-state index in [9.17, 15) is 61.0 Å². The zero-order valence-corrected chi connectivity index (χ0v) is 70.8. The van der Waals surface area contributed by atoms with Gasteiger partial charge in [-0.15, -0.1) is 0 Å². The summed E-state index contributed by atoms with van der Waals surface area (Å²) in [6.45, 7) is 1.64. The number of carbonyl (C=O) groups is 1. The highest BCUT2D eigenvalue weighted by Gasteiger charge is 2.54. The molecule has 0 aromatic heterocycles. The first-order chi connectivity index (χ1) is 55.8. The minimum absolute atomic E-state index is 0.218. The van der Waals surface area contributed by atoms with Crippen LogP contribution in [-0.2, 0) is 33.2 Å². The summed E-state index contributed by atoms with van der Waals surface area (Å²) in [5.41, 5.74) is 0. The quantitative estimate of drug-likeness (QED) is 0.0199. The summed E-state index contributed by atoms with van der Waals surface area (Å²) in [5.74, 6) is -0.292. The number of allylic oxidation sites excluding steroid dienone is 21. The minimum atomic E-state index is -1.99. The Morgan fingerprint density at radius 2 is 0.605 bits per heavy atom. The minimum Gasteiger partial charge on any atom is -0.394 e. The number of aliphatic hydroxyl groups excluding tert-OH is 11. The van der Waals surface area contributed by atoms with Gasteiger partial charge in [-0.3, -0.25) is 4.79 Å². The average molecular weight is 1610 g/mol. The van der Waals surface area contributed by atoms with Crippen LogP contribution < -0.4 is 5.32 Å². The van der Waals surface area contributed by atoms with Crippen LogP contribution in [0.5, 0.6) is 0 Å². The van der Waals surface area contributed by atoms with Crippen LogP contribution in [0.3, 0.4) is 0 Å². The Balaban J connectivity index is 1.35. The average Bonchev–Trinajstić information content (AvgIpc) is 0.777. The van der Waals surface area contributed by atoms with Crippen LogP contribution in [0.2, 0.25) is 0 Å². The third-order valence-corrected chi connectivity index (χ3v) is 21.7. The van der Waals surface area contributed by atoms with E-state index < -0.39 is 124 Å². The molecule has 19 nitrogen and oxygen atoms in total. The molecule has 3 saturated heterocycles. The van der Waals surface area contributed by atoms with Gasteiger partial charge in [0.15, 0.2) is 18.9 Å². The maximum absolute atomic E-state index is 13.5. The van der Waals surface area contributed by atoms with Crippen LogP contribution in [0.15, 0.2) is 134 Å². The standard InChI is InChI=1S/C95H163NO18/c1-3-5-7-9-11-13-15-17-19-21-23-25-27-29-31-33-35-37-38-39-40-41-43-45-47-49-51-53-55-57-59-61-63-65-67-69-71-73-83(101)96-78(79(100)72-70-68-66-64-62-60-58-56-54-52-50-48-46-44-42-36-34-32-30-28-26-24-22-20-18-16-14-12-10-8-6-4-2)77-109-93-89(107)86(104)91(81(75-98)111-93)114-95-90(108)87(105)92(82(76-99)112-95)113-94-88(106)85(103)84(102)80(74-97)110-94/h5,7,11,13,17,19,23,25,29,31,35,37,39-40,43,45,49,51,55,57,70,72,78-82,84-95,97-100,102-108H,3-4,6,8-10,12,14-16,18,20-22,24,26-28,30,32-34,36,38,41-42,44,46-48,50,52-54,56,58-69,71,73-77H2,1-2H3,(H,96,101)/b7-5-,13-11-,19-17-,25-23-,31-29-,37-35-,40-39-,45-43-,51-49-,57-55-,72-70+. The van der Waals surface area contributed by atoms with Gasteiger partial charge in [0.2, 0.25) is 5.91 Å². The highest BCUT2D eigenvalue weighted by molar-refractivity contribution is 5.76. The monoisotopic (exact) mass is 1610 g/mol. The fourth-order valence-corrected chi connectivity index (χ4v) is 14.5. The Morgan fingerprint density at radius 1 is 0.325 bits per heavy atom. The largest absolute Gasteiger partial charge is 0.394 e. The van der Waals surface area contributed by atoms with E-state index in [-0.39, 0.29) is 18.9 Å². The van der Waals surface area contributed by atoms with Crippen LogP contribution in [0, 0.1) is 0 Å². The zero-order valence-electron chi connectivity index (χ0n) is 70.8. The molecule has 3 aliphatic rings. The first-order valence-electron chi connectivity index (χ1n) is 45.4. The summed E-state index contributed by atoms with van der Waals surface area (Å²) in [6.07, 6.45) is 78.7. The highest BCUT2D eigenvalue weighted by atomic mass is 16.8. The summed E-state index contributed by atoms with van der Waals surface area (Å²) in [7, 11) is 0. The second-order valence-corrected chi connectivity index (χ2v) is 31.7. The van der Waals surface area contributed by atoms with Crippen molar-refractivity contribution in [1.29, 1.82) is 0 Å². The van der Waals surface area contributed by atoms with Gasteiger partial charge in [-0.1, -0.05) is 359 Å². The van der Waals surface area contributed by atoms with Crippen LogP contribution in [0.1, 0.15) is 328 Å². The van der Waals surface area contributed by atoms with Crippen molar-refractivity contribution in [2.45, 2.75) is 433 Å². The number of aliphatic hydroxyl groups is 11. The van der Waals surface area contributed by atoms with Gasteiger partial charge in [0.05, 0.1) is 38.6 Å². The summed E-state index contributed by atoms with van der Waals surface area (Å²) in [6, 6.07) is -0.994. The fraction of sp³-hybridized carbons (Fsp3) is 0.758. The van der Waals surface area contributed by atoms with Gasteiger partial charge < -0.3 is 89.9 Å². The lowest BCUT2D eigenvalue weighted by Crippen LogP contribution is -2.66. The SMILES string of the molecule is CC/C=C\C/C=C\C/C=C\C/C=C\C/C=C\C/C=C\C/C=C\C/C=C\C/C=C\C/C=C\CCCCCCCCC(=O)NC(COC1OC(CO)C(OC2OC(CO)C(OC3OC(CO)C(O)C(O)C3O)C(O)C2O)C(O)C1O)C(O)/C=C/CCCCCCCCCCCCCCCCCCCCCCCCCCCCCCCC. The van der Waals surface area contributed by atoms with Crippen LogP contribution in [0.25, 0.3) is 0 Å². The van der Waals surface area contributed by atoms with Gasteiger partial charge in [-0.2, -0.15) is 0 Å². The Morgan fingerprint density at radius 3 is 0.947 bits per heavy atom. The first kappa shape index (κ1) is 104. The van der Waals surface area contributed by atoms with Crippen molar-refractivity contribution in [3.8, 4) is 0 Å². The molecule has 3 aliphatic heterocycles. The smallest absolute Gasteiger partial charge is 0.220 e. The lowest BCUT2D eigenvalue weighted by molar-refractivity contribution is -0.379. The van der Waals surface area contributed by atoms with Crippen molar-refractivity contribution in [2.24, 2.45) is 0 Å². The van der Waals surface area contributed by atoms with E-state index in [0.717, 1.165) is 128 Å². The predicted molar refractivity (Wildman–Crippen MR) is 461 cm³/mol. The predicted octanol–water partition coefficient (Wildman–Crippen LogP) is 17.6.